The molecule has 3 aromatic carbocycles. The van der Waals surface area contributed by atoms with Crippen molar-refractivity contribution < 1.29 is 8.42 Å². The summed E-state index contributed by atoms with van der Waals surface area (Å²) in [6.07, 6.45) is 3.70. The Morgan fingerprint density at radius 1 is 0.909 bits per heavy atom. The fourth-order valence-electron chi connectivity index (χ4n) is 3.74. The van der Waals surface area contributed by atoms with Crippen LogP contribution in [0.25, 0.3) is 16.0 Å². The van der Waals surface area contributed by atoms with Crippen LogP contribution in [-0.2, 0) is 29.2 Å². The molecule has 7 heteroatoms. The smallest absolute Gasteiger partial charge is 0.192 e. The van der Waals surface area contributed by atoms with Crippen LogP contribution in [0.1, 0.15) is 23.1 Å². The largest absolute Gasteiger partial charge is 0.306 e. The lowest BCUT2D eigenvalue weighted by Gasteiger charge is -2.14. The van der Waals surface area contributed by atoms with Gasteiger partial charge < -0.3 is 4.90 Å². The van der Waals surface area contributed by atoms with Gasteiger partial charge in [0.05, 0.1) is 21.5 Å². The summed E-state index contributed by atoms with van der Waals surface area (Å²) in [6, 6.07) is 16.6. The van der Waals surface area contributed by atoms with Gasteiger partial charge in [-0.25, -0.2) is 13.3 Å². The number of nitrogens with zero attached hydrogens (tertiary/aromatic N) is 2. The molecular formula is C26H26Cl2N2O2S. The first-order chi connectivity index (χ1) is 15.6. The monoisotopic (exact) mass is 500 g/mol. The van der Waals surface area contributed by atoms with Crippen molar-refractivity contribution in [3.05, 3.63) is 92.8 Å². The third-order valence-electron chi connectivity index (χ3n) is 5.37. The topological polar surface area (TPSA) is 41.7 Å². The van der Waals surface area contributed by atoms with Crippen molar-refractivity contribution in [2.45, 2.75) is 30.7 Å². The van der Waals surface area contributed by atoms with Crippen LogP contribution in [0.3, 0.4) is 0 Å². The van der Waals surface area contributed by atoms with E-state index >= 15 is 0 Å². The van der Waals surface area contributed by atoms with Gasteiger partial charge in [-0.2, -0.15) is 0 Å². The molecular weight excluding hydrogens is 475 g/mol. The Hall–Kier alpha value is -2.36. The normalized spacial score (nSPS) is 11.5. The third kappa shape index (κ3) is 6.59. The van der Waals surface area contributed by atoms with Crippen LogP contribution < -0.4 is 0 Å². The summed E-state index contributed by atoms with van der Waals surface area (Å²) in [5, 5.41) is 1.12. The highest BCUT2D eigenvalue weighted by atomic mass is 35.5. The number of hydrogen-bond acceptors (Lipinski definition) is 3. The molecule has 3 rings (SSSR count). The minimum atomic E-state index is -3.18. The predicted octanol–water partition coefficient (Wildman–Crippen LogP) is 6.85. The van der Waals surface area contributed by atoms with E-state index in [1.54, 1.807) is 12.1 Å². The lowest BCUT2D eigenvalue weighted by molar-refractivity contribution is 0.403. The van der Waals surface area contributed by atoms with Crippen LogP contribution in [0, 0.1) is 6.57 Å². The average Bonchev–Trinajstić information content (AvgIpc) is 2.73. The average molecular weight is 501 g/mol. The Morgan fingerprint density at radius 3 is 2.06 bits per heavy atom. The van der Waals surface area contributed by atoms with E-state index in [0.29, 0.717) is 27.2 Å². The second-order valence-electron chi connectivity index (χ2n) is 8.40. The Bertz CT molecular complexity index is 1270. The fourth-order valence-corrected chi connectivity index (χ4v) is 5.12. The molecule has 0 aliphatic carbocycles. The van der Waals surface area contributed by atoms with Crippen LogP contribution in [0.15, 0.2) is 59.5 Å². The Morgan fingerprint density at radius 2 is 1.52 bits per heavy atom. The maximum atomic E-state index is 11.6. The summed E-state index contributed by atoms with van der Waals surface area (Å²) in [5.74, 6) is 0. The van der Waals surface area contributed by atoms with Crippen LogP contribution in [0.4, 0.5) is 5.69 Å². The van der Waals surface area contributed by atoms with Gasteiger partial charge in [-0.3, -0.25) is 0 Å². The van der Waals surface area contributed by atoms with Gasteiger partial charge in [-0.05, 0) is 85.9 Å². The van der Waals surface area contributed by atoms with E-state index in [9.17, 15) is 8.42 Å². The first-order valence-corrected chi connectivity index (χ1v) is 13.2. The lowest BCUT2D eigenvalue weighted by Crippen LogP contribution is -2.10. The number of sulfone groups is 1. The van der Waals surface area contributed by atoms with Gasteiger partial charge in [0.15, 0.2) is 15.5 Å². The molecule has 0 spiro atoms. The number of rotatable bonds is 8. The van der Waals surface area contributed by atoms with Crippen LogP contribution in [0.5, 0.6) is 0 Å². The Balaban J connectivity index is 1.73. The fraction of sp³-hybridized carbons (Fsp3) is 0.269. The van der Waals surface area contributed by atoms with Crippen LogP contribution >= 0.6 is 23.2 Å². The molecule has 3 aromatic rings. The standard InChI is InChI=1S/C26H26Cl2N2O2S/c1-29-25-16-20(10-11-21(25)17-30(2)3)26-23(27)14-19(15-24(26)28)7-5-6-18-8-12-22(13-9-18)33(4,31)32/h8-16H,5-7,17H2,2-4H3. The SMILES string of the molecule is [C-]#[N+]c1cc(-c2c(Cl)cc(CCCc3ccc(S(C)(=O)=O)cc3)cc2Cl)ccc1CN(C)C. The maximum absolute atomic E-state index is 11.6. The minimum absolute atomic E-state index is 0.330. The van der Waals surface area contributed by atoms with Gasteiger partial charge in [0.1, 0.15) is 0 Å². The van der Waals surface area contributed by atoms with Crippen molar-refractivity contribution in [3.8, 4) is 11.1 Å². The Kier molecular flexibility index (Phi) is 8.20. The molecule has 0 saturated heterocycles. The molecule has 0 bridgehead atoms. The molecule has 0 fully saturated rings. The summed E-state index contributed by atoms with van der Waals surface area (Å²) >= 11 is 13.2. The molecule has 0 aliphatic heterocycles. The second-order valence-corrected chi connectivity index (χ2v) is 11.2. The summed E-state index contributed by atoms with van der Waals surface area (Å²) in [5.41, 5.74) is 5.25. The highest BCUT2D eigenvalue weighted by Crippen LogP contribution is 2.38. The highest BCUT2D eigenvalue weighted by Gasteiger charge is 2.14. The highest BCUT2D eigenvalue weighted by molar-refractivity contribution is 7.90. The van der Waals surface area contributed by atoms with E-state index in [4.69, 9.17) is 29.8 Å². The molecule has 0 heterocycles. The molecule has 0 aromatic heterocycles. The van der Waals surface area contributed by atoms with Gasteiger partial charge in [-0.1, -0.05) is 47.5 Å². The third-order valence-corrected chi connectivity index (χ3v) is 7.09. The van der Waals surface area contributed by atoms with E-state index in [2.05, 4.69) is 4.85 Å². The zero-order valence-corrected chi connectivity index (χ0v) is 21.2. The first kappa shape index (κ1) is 25.3. The number of aryl methyl sites for hydroxylation is 2. The number of halogens is 2. The van der Waals surface area contributed by atoms with Crippen molar-refractivity contribution in [2.24, 2.45) is 0 Å². The van der Waals surface area contributed by atoms with Gasteiger partial charge in [0.2, 0.25) is 0 Å². The number of hydrogen-bond donors (Lipinski definition) is 0. The maximum Gasteiger partial charge on any atom is 0.192 e. The van der Waals surface area contributed by atoms with Crippen molar-refractivity contribution >= 4 is 38.7 Å². The van der Waals surface area contributed by atoms with E-state index < -0.39 is 9.84 Å². The van der Waals surface area contributed by atoms with Crippen molar-refractivity contribution in [2.75, 3.05) is 20.4 Å². The molecule has 0 aliphatic rings. The van der Waals surface area contributed by atoms with Gasteiger partial charge in [0.25, 0.3) is 0 Å². The molecule has 0 atom stereocenters. The van der Waals surface area contributed by atoms with Crippen molar-refractivity contribution in [1.29, 1.82) is 0 Å². The molecule has 4 nitrogen and oxygen atoms in total. The van der Waals surface area contributed by atoms with Crippen molar-refractivity contribution in [1.82, 2.24) is 4.90 Å². The lowest BCUT2D eigenvalue weighted by atomic mass is 9.98. The molecule has 0 unspecified atom stereocenters. The first-order valence-electron chi connectivity index (χ1n) is 10.5. The van der Waals surface area contributed by atoms with Crippen molar-refractivity contribution in [3.63, 3.8) is 0 Å². The molecule has 0 N–H and O–H groups in total. The predicted molar refractivity (Wildman–Crippen MR) is 137 cm³/mol. The van der Waals surface area contributed by atoms with E-state index in [1.165, 1.54) is 6.26 Å². The van der Waals surface area contributed by atoms with Crippen LogP contribution in [0.2, 0.25) is 10.0 Å². The Labute approximate surface area is 206 Å². The summed E-state index contributed by atoms with van der Waals surface area (Å²) in [7, 11) is 0.762. The molecule has 172 valence electrons. The zero-order chi connectivity index (χ0) is 24.2. The quantitative estimate of drug-likeness (QED) is 0.317. The van der Waals surface area contributed by atoms with E-state index in [0.717, 1.165) is 47.1 Å². The molecule has 33 heavy (non-hydrogen) atoms. The number of benzene rings is 3. The van der Waals surface area contributed by atoms with Gasteiger partial charge in [0, 0.05) is 18.4 Å². The van der Waals surface area contributed by atoms with E-state index in [1.807, 2.05) is 61.5 Å². The second kappa shape index (κ2) is 10.7. The zero-order valence-electron chi connectivity index (χ0n) is 18.9. The summed E-state index contributed by atoms with van der Waals surface area (Å²) in [6.45, 7) is 8.22. The van der Waals surface area contributed by atoms with Gasteiger partial charge >= 0.3 is 0 Å². The van der Waals surface area contributed by atoms with Crippen LogP contribution in [-0.4, -0.2) is 33.7 Å². The molecule has 0 amide bonds. The minimum Gasteiger partial charge on any atom is -0.306 e. The molecule has 0 saturated carbocycles. The summed E-state index contributed by atoms with van der Waals surface area (Å²) < 4.78 is 23.2. The van der Waals surface area contributed by atoms with Gasteiger partial charge in [-0.15, -0.1) is 0 Å². The molecule has 0 radical (unpaired) electrons. The summed E-state index contributed by atoms with van der Waals surface area (Å²) in [4.78, 5) is 6.03. The van der Waals surface area contributed by atoms with E-state index in [-0.39, 0.29) is 0 Å².